The summed E-state index contributed by atoms with van der Waals surface area (Å²) < 4.78 is 0. The Hall–Kier alpha value is -1.13. The molecular formula is C49H95NO3. The molecule has 0 rings (SSSR count). The Labute approximate surface area is 332 Å². The van der Waals surface area contributed by atoms with Crippen LogP contribution in [0.3, 0.4) is 0 Å². The topological polar surface area (TPSA) is 69.6 Å². The largest absolute Gasteiger partial charge is 0.394 e. The van der Waals surface area contributed by atoms with Crippen molar-refractivity contribution < 1.29 is 15.0 Å². The first kappa shape index (κ1) is 51.9. The predicted octanol–water partition coefficient (Wildman–Crippen LogP) is 15.2. The van der Waals surface area contributed by atoms with Crippen LogP contribution >= 0.6 is 0 Å². The van der Waals surface area contributed by atoms with Gasteiger partial charge in [-0.3, -0.25) is 4.79 Å². The summed E-state index contributed by atoms with van der Waals surface area (Å²) in [5.41, 5.74) is 0. The monoisotopic (exact) mass is 746 g/mol. The molecule has 1 amide bonds. The Bertz CT molecular complexity index is 765. The maximum atomic E-state index is 12.4. The molecule has 0 aromatic rings. The number of amides is 1. The SMILES string of the molecule is CCCCCCCCCCCCCCCCCC/C=C/CC/C=C/C(O)C(CO)NC(=O)CCCCCCCCCCCCCCCCCCCCC. The van der Waals surface area contributed by atoms with Gasteiger partial charge in [0.25, 0.3) is 0 Å². The molecule has 0 aliphatic rings. The standard InChI is InChI=1S/C49H95NO3/c1-3-5-7-9-11-13-15-17-19-21-23-24-25-27-28-30-32-34-36-38-40-42-44-48(52)47(46-51)50-49(53)45-43-41-39-37-35-33-31-29-26-22-20-18-16-14-12-10-8-6-4-2/h34,36,42,44,47-48,51-52H,3-33,35,37-41,43,45-46H2,1-2H3,(H,50,53)/b36-34+,44-42+. The van der Waals surface area contributed by atoms with E-state index in [1.165, 1.54) is 212 Å². The molecule has 0 aliphatic carbocycles. The normalized spacial score (nSPS) is 13.1. The lowest BCUT2D eigenvalue weighted by atomic mass is 10.0. The van der Waals surface area contributed by atoms with Gasteiger partial charge in [-0.2, -0.15) is 0 Å². The minimum Gasteiger partial charge on any atom is -0.394 e. The van der Waals surface area contributed by atoms with Crippen LogP contribution in [0.1, 0.15) is 264 Å². The molecule has 0 bridgehead atoms. The van der Waals surface area contributed by atoms with E-state index in [0.717, 1.165) is 32.1 Å². The molecule has 0 aromatic heterocycles. The van der Waals surface area contributed by atoms with Gasteiger partial charge >= 0.3 is 0 Å². The Morgan fingerprint density at radius 3 is 1.09 bits per heavy atom. The Morgan fingerprint density at radius 1 is 0.434 bits per heavy atom. The first-order valence-corrected chi connectivity index (χ1v) is 24.1. The number of hydrogen-bond donors (Lipinski definition) is 3. The molecule has 3 N–H and O–H groups in total. The van der Waals surface area contributed by atoms with E-state index in [9.17, 15) is 15.0 Å². The van der Waals surface area contributed by atoms with Crippen molar-refractivity contribution in [2.75, 3.05) is 6.61 Å². The van der Waals surface area contributed by atoms with Crippen LogP contribution < -0.4 is 5.32 Å². The molecule has 4 heteroatoms. The summed E-state index contributed by atoms with van der Waals surface area (Å²) in [6, 6.07) is -0.635. The van der Waals surface area contributed by atoms with E-state index in [1.54, 1.807) is 6.08 Å². The lowest BCUT2D eigenvalue weighted by Gasteiger charge is -2.19. The van der Waals surface area contributed by atoms with Gasteiger partial charge in [0.05, 0.1) is 18.8 Å². The maximum Gasteiger partial charge on any atom is 0.220 e. The summed E-state index contributed by atoms with van der Waals surface area (Å²) in [6.45, 7) is 4.32. The number of carbonyl (C=O) groups is 1. The molecular weight excluding hydrogens is 651 g/mol. The van der Waals surface area contributed by atoms with E-state index in [0.29, 0.717) is 6.42 Å². The number of carbonyl (C=O) groups excluding carboxylic acids is 1. The van der Waals surface area contributed by atoms with Crippen molar-refractivity contribution in [2.24, 2.45) is 0 Å². The van der Waals surface area contributed by atoms with Crippen LogP contribution in [-0.4, -0.2) is 34.9 Å². The molecule has 4 nitrogen and oxygen atoms in total. The van der Waals surface area contributed by atoms with Crippen LogP contribution in [0.4, 0.5) is 0 Å². The molecule has 0 heterocycles. The zero-order valence-electron chi connectivity index (χ0n) is 36.1. The number of nitrogens with one attached hydrogen (secondary N) is 1. The predicted molar refractivity (Wildman–Crippen MR) is 235 cm³/mol. The molecule has 0 aliphatic heterocycles. The summed E-state index contributed by atoms with van der Waals surface area (Å²) in [5, 5.41) is 23.1. The highest BCUT2D eigenvalue weighted by molar-refractivity contribution is 5.76. The number of hydrogen-bond acceptors (Lipinski definition) is 3. The molecule has 0 saturated heterocycles. The number of rotatable bonds is 44. The highest BCUT2D eigenvalue weighted by atomic mass is 16.3. The van der Waals surface area contributed by atoms with Gasteiger partial charge < -0.3 is 15.5 Å². The average Bonchev–Trinajstić information content (AvgIpc) is 3.16. The number of aliphatic hydroxyl groups excluding tert-OH is 2. The number of aliphatic hydroxyl groups is 2. The number of unbranched alkanes of at least 4 members (excludes halogenated alkanes) is 35. The highest BCUT2D eigenvalue weighted by Gasteiger charge is 2.17. The number of allylic oxidation sites excluding steroid dienone is 3. The van der Waals surface area contributed by atoms with E-state index >= 15 is 0 Å². The Balaban J connectivity index is 3.55. The van der Waals surface area contributed by atoms with Crippen LogP contribution in [0.15, 0.2) is 24.3 Å². The van der Waals surface area contributed by atoms with Gasteiger partial charge in [0.2, 0.25) is 5.91 Å². The third-order valence-corrected chi connectivity index (χ3v) is 11.2. The van der Waals surface area contributed by atoms with Gasteiger partial charge in [0, 0.05) is 6.42 Å². The molecule has 0 spiro atoms. The van der Waals surface area contributed by atoms with Crippen LogP contribution in [-0.2, 0) is 4.79 Å². The van der Waals surface area contributed by atoms with E-state index < -0.39 is 12.1 Å². The molecule has 0 saturated carbocycles. The Kier molecular flexibility index (Phi) is 44.3. The third-order valence-electron chi connectivity index (χ3n) is 11.2. The second-order valence-corrected chi connectivity index (χ2v) is 16.5. The van der Waals surface area contributed by atoms with Gasteiger partial charge in [0.15, 0.2) is 0 Å². The van der Waals surface area contributed by atoms with Gasteiger partial charge in [-0.25, -0.2) is 0 Å². The Morgan fingerprint density at radius 2 is 0.736 bits per heavy atom. The van der Waals surface area contributed by atoms with Crippen molar-refractivity contribution in [3.05, 3.63) is 24.3 Å². The summed E-state index contributed by atoms with van der Waals surface area (Å²) in [5.74, 6) is -0.0690. The van der Waals surface area contributed by atoms with Crippen LogP contribution in [0.5, 0.6) is 0 Å². The van der Waals surface area contributed by atoms with Crippen LogP contribution in [0, 0.1) is 0 Å². The van der Waals surface area contributed by atoms with Crippen molar-refractivity contribution in [1.29, 1.82) is 0 Å². The molecule has 2 atom stereocenters. The molecule has 0 fully saturated rings. The highest BCUT2D eigenvalue weighted by Crippen LogP contribution is 2.16. The average molecular weight is 746 g/mol. The zero-order valence-corrected chi connectivity index (χ0v) is 36.1. The molecule has 0 radical (unpaired) electrons. The minimum atomic E-state index is -0.858. The molecule has 2 unspecified atom stereocenters. The van der Waals surface area contributed by atoms with Crippen molar-refractivity contribution in [2.45, 2.75) is 276 Å². The fourth-order valence-corrected chi connectivity index (χ4v) is 7.49. The smallest absolute Gasteiger partial charge is 0.220 e. The summed E-state index contributed by atoms with van der Waals surface area (Å²) in [7, 11) is 0. The lowest BCUT2D eigenvalue weighted by molar-refractivity contribution is -0.123. The fourth-order valence-electron chi connectivity index (χ4n) is 7.49. The van der Waals surface area contributed by atoms with E-state index in [4.69, 9.17) is 0 Å². The van der Waals surface area contributed by atoms with Gasteiger partial charge in [-0.05, 0) is 32.1 Å². The lowest BCUT2D eigenvalue weighted by Crippen LogP contribution is -2.45. The van der Waals surface area contributed by atoms with E-state index in [2.05, 4.69) is 31.3 Å². The summed E-state index contributed by atoms with van der Waals surface area (Å²) >= 11 is 0. The minimum absolute atomic E-state index is 0.0690. The fraction of sp³-hybridized carbons (Fsp3) is 0.898. The van der Waals surface area contributed by atoms with Crippen LogP contribution in [0.25, 0.3) is 0 Å². The maximum absolute atomic E-state index is 12.4. The molecule has 314 valence electrons. The van der Waals surface area contributed by atoms with Crippen molar-refractivity contribution in [3.63, 3.8) is 0 Å². The van der Waals surface area contributed by atoms with Crippen LogP contribution in [0.2, 0.25) is 0 Å². The quantitative estimate of drug-likeness (QED) is 0.0430. The first-order valence-electron chi connectivity index (χ1n) is 24.1. The molecule has 53 heavy (non-hydrogen) atoms. The molecule has 0 aromatic carbocycles. The van der Waals surface area contributed by atoms with Crippen molar-refractivity contribution in [3.8, 4) is 0 Å². The second-order valence-electron chi connectivity index (χ2n) is 16.5. The summed E-state index contributed by atoms with van der Waals surface area (Å²) in [4.78, 5) is 12.4. The van der Waals surface area contributed by atoms with Gasteiger partial charge in [0.1, 0.15) is 0 Å². The first-order chi connectivity index (χ1) is 26.2. The summed E-state index contributed by atoms with van der Waals surface area (Å²) in [6.07, 6.45) is 58.8. The zero-order chi connectivity index (χ0) is 38.6. The van der Waals surface area contributed by atoms with Crippen molar-refractivity contribution >= 4 is 5.91 Å². The third kappa shape index (κ3) is 41.9. The van der Waals surface area contributed by atoms with Crippen molar-refractivity contribution in [1.82, 2.24) is 5.32 Å². The van der Waals surface area contributed by atoms with E-state index in [-0.39, 0.29) is 12.5 Å². The van der Waals surface area contributed by atoms with Gasteiger partial charge in [-0.1, -0.05) is 250 Å². The second kappa shape index (κ2) is 45.3. The van der Waals surface area contributed by atoms with Gasteiger partial charge in [-0.15, -0.1) is 0 Å². The van der Waals surface area contributed by atoms with E-state index in [1.807, 2.05) is 6.08 Å².